The van der Waals surface area contributed by atoms with Crippen LogP contribution in [0.25, 0.3) is 0 Å². The Kier molecular flexibility index (Phi) is 6.81. The molecule has 3 N–H and O–H groups in total. The smallest absolute Gasteiger partial charge is 0.319 e. The molecule has 1 aromatic carbocycles. The molecule has 0 bridgehead atoms. The number of ether oxygens (including phenoxy) is 1. The van der Waals surface area contributed by atoms with E-state index < -0.39 is 12.0 Å². The highest BCUT2D eigenvalue weighted by Crippen LogP contribution is 2.26. The Morgan fingerprint density at radius 1 is 1.43 bits per heavy atom. The van der Waals surface area contributed by atoms with Gasteiger partial charge in [0.25, 0.3) is 0 Å². The van der Waals surface area contributed by atoms with Gasteiger partial charge in [-0.2, -0.15) is 0 Å². The van der Waals surface area contributed by atoms with Gasteiger partial charge in [0.05, 0.1) is 17.8 Å². The molecule has 0 aliphatic heterocycles. The van der Waals surface area contributed by atoms with Gasteiger partial charge < -0.3 is 20.5 Å². The molecule has 1 atom stereocenters. The molecular formula is C14H19ClN2O4. The normalized spacial score (nSPS) is 11.6. The van der Waals surface area contributed by atoms with Crippen molar-refractivity contribution in [2.24, 2.45) is 5.92 Å². The maximum absolute atomic E-state index is 11.8. The minimum atomic E-state index is -0.838. The molecule has 116 valence electrons. The molecule has 6 nitrogen and oxygen atoms in total. The number of carbonyl (C=O) groups excluding carboxylic acids is 1. The largest absolute Gasteiger partial charge is 0.497 e. The Morgan fingerprint density at radius 2 is 2.14 bits per heavy atom. The van der Waals surface area contributed by atoms with E-state index in [1.54, 1.807) is 18.2 Å². The number of urea groups is 1. The molecule has 2 amide bonds. The lowest BCUT2D eigenvalue weighted by Gasteiger charge is -2.13. The van der Waals surface area contributed by atoms with Gasteiger partial charge in [0.2, 0.25) is 0 Å². The summed E-state index contributed by atoms with van der Waals surface area (Å²) in [5.74, 6) is -0.174. The van der Waals surface area contributed by atoms with Crippen molar-refractivity contribution in [1.29, 1.82) is 0 Å². The number of anilines is 1. The van der Waals surface area contributed by atoms with Crippen molar-refractivity contribution in [3.63, 3.8) is 0 Å². The fraction of sp³-hybridized carbons (Fsp3) is 0.429. The highest BCUT2D eigenvalue weighted by Gasteiger charge is 2.10. The summed E-state index contributed by atoms with van der Waals surface area (Å²) < 4.78 is 5.06. The Hall–Kier alpha value is -1.95. The molecule has 1 rings (SSSR count). The van der Waals surface area contributed by atoms with Gasteiger partial charge in [0, 0.05) is 19.0 Å². The molecule has 0 aromatic heterocycles. The summed E-state index contributed by atoms with van der Waals surface area (Å²) in [4.78, 5) is 22.2. The lowest BCUT2D eigenvalue weighted by Crippen LogP contribution is -2.32. The molecule has 1 unspecified atom stereocenters. The third-order valence-corrected chi connectivity index (χ3v) is 3.21. The molecule has 0 fully saturated rings. The van der Waals surface area contributed by atoms with Crippen molar-refractivity contribution >= 4 is 29.3 Å². The number of halogens is 1. The Morgan fingerprint density at radius 3 is 2.76 bits per heavy atom. The summed E-state index contributed by atoms with van der Waals surface area (Å²) >= 11 is 5.98. The highest BCUT2D eigenvalue weighted by atomic mass is 35.5. The van der Waals surface area contributed by atoms with Gasteiger partial charge in [-0.3, -0.25) is 4.79 Å². The van der Waals surface area contributed by atoms with Crippen LogP contribution >= 0.6 is 11.6 Å². The van der Waals surface area contributed by atoms with E-state index in [0.717, 1.165) is 0 Å². The predicted octanol–water partition coefficient (Wildman–Crippen LogP) is 2.97. The summed E-state index contributed by atoms with van der Waals surface area (Å²) in [5, 5.41) is 14.3. The van der Waals surface area contributed by atoms with E-state index in [2.05, 4.69) is 10.6 Å². The molecule has 0 radical (unpaired) electrons. The quantitative estimate of drug-likeness (QED) is 0.722. The van der Waals surface area contributed by atoms with E-state index >= 15 is 0 Å². The van der Waals surface area contributed by atoms with E-state index in [1.165, 1.54) is 7.11 Å². The third-order valence-electron chi connectivity index (χ3n) is 2.88. The van der Waals surface area contributed by atoms with E-state index in [4.69, 9.17) is 21.4 Å². The topological polar surface area (TPSA) is 87.7 Å². The SMILES string of the molecule is COc1ccc(Cl)c(NC(=O)NCC(C)CCC(=O)O)c1. The van der Waals surface area contributed by atoms with Gasteiger partial charge in [-0.25, -0.2) is 4.79 Å². The van der Waals surface area contributed by atoms with Crippen LogP contribution in [-0.4, -0.2) is 30.8 Å². The molecule has 1 aromatic rings. The van der Waals surface area contributed by atoms with Crippen LogP contribution < -0.4 is 15.4 Å². The molecule has 0 aliphatic rings. The van der Waals surface area contributed by atoms with Gasteiger partial charge in [-0.15, -0.1) is 0 Å². The fourth-order valence-electron chi connectivity index (χ4n) is 1.63. The van der Waals surface area contributed by atoms with Gasteiger partial charge in [0.1, 0.15) is 5.75 Å². The zero-order valence-corrected chi connectivity index (χ0v) is 12.7. The summed E-state index contributed by atoms with van der Waals surface area (Å²) in [6, 6.07) is 4.55. The van der Waals surface area contributed by atoms with E-state index in [0.29, 0.717) is 29.4 Å². The lowest BCUT2D eigenvalue weighted by atomic mass is 10.1. The molecule has 0 aliphatic carbocycles. The molecule has 0 heterocycles. The molecule has 7 heteroatoms. The number of methoxy groups -OCH3 is 1. The van der Waals surface area contributed by atoms with Crippen LogP contribution in [0.4, 0.5) is 10.5 Å². The number of rotatable bonds is 7. The number of amides is 2. The van der Waals surface area contributed by atoms with Gasteiger partial charge in [-0.05, 0) is 24.5 Å². The lowest BCUT2D eigenvalue weighted by molar-refractivity contribution is -0.137. The summed E-state index contributed by atoms with van der Waals surface area (Å²) in [6.45, 7) is 2.27. The van der Waals surface area contributed by atoms with Crippen molar-refractivity contribution < 1.29 is 19.4 Å². The number of hydrogen-bond acceptors (Lipinski definition) is 3. The number of carbonyl (C=O) groups is 2. The minimum absolute atomic E-state index is 0.0765. The summed E-state index contributed by atoms with van der Waals surface area (Å²) in [7, 11) is 1.53. The summed E-state index contributed by atoms with van der Waals surface area (Å²) in [5.41, 5.74) is 0.451. The van der Waals surface area contributed by atoms with Crippen LogP contribution in [0, 0.1) is 5.92 Å². The van der Waals surface area contributed by atoms with Crippen molar-refractivity contribution in [1.82, 2.24) is 5.32 Å². The number of nitrogens with one attached hydrogen (secondary N) is 2. The second-order valence-electron chi connectivity index (χ2n) is 4.72. The van der Waals surface area contributed by atoms with Gasteiger partial charge in [-0.1, -0.05) is 18.5 Å². The zero-order chi connectivity index (χ0) is 15.8. The average molecular weight is 315 g/mol. The van der Waals surface area contributed by atoms with Crippen LogP contribution in [0.1, 0.15) is 19.8 Å². The monoisotopic (exact) mass is 314 g/mol. The van der Waals surface area contributed by atoms with Crippen LogP contribution in [-0.2, 0) is 4.79 Å². The molecule has 0 spiro atoms. The van der Waals surface area contributed by atoms with Gasteiger partial charge in [0.15, 0.2) is 0 Å². The summed E-state index contributed by atoms with van der Waals surface area (Å²) in [6.07, 6.45) is 0.599. The molecule has 0 saturated heterocycles. The standard InChI is InChI=1S/C14H19ClN2O4/c1-9(3-6-13(18)19)8-16-14(20)17-12-7-10(21-2)4-5-11(12)15/h4-5,7,9H,3,6,8H2,1-2H3,(H,18,19)(H2,16,17,20). The first-order valence-electron chi connectivity index (χ1n) is 6.52. The number of aliphatic carboxylic acids is 1. The van der Waals surface area contributed by atoms with Crippen LogP contribution in [0.3, 0.4) is 0 Å². The van der Waals surface area contributed by atoms with E-state index in [9.17, 15) is 9.59 Å². The Bertz CT molecular complexity index is 508. The van der Waals surface area contributed by atoms with Crippen LogP contribution in [0.15, 0.2) is 18.2 Å². The average Bonchev–Trinajstić information content (AvgIpc) is 2.45. The predicted molar refractivity (Wildman–Crippen MR) is 81.1 cm³/mol. The van der Waals surface area contributed by atoms with Crippen LogP contribution in [0.5, 0.6) is 5.75 Å². The number of carboxylic acid groups (broad SMARTS) is 1. The third kappa shape index (κ3) is 6.35. The number of hydrogen-bond donors (Lipinski definition) is 3. The first-order valence-corrected chi connectivity index (χ1v) is 6.90. The van der Waals surface area contributed by atoms with Crippen molar-refractivity contribution in [2.75, 3.05) is 19.0 Å². The molecule has 21 heavy (non-hydrogen) atoms. The minimum Gasteiger partial charge on any atom is -0.497 e. The highest BCUT2D eigenvalue weighted by molar-refractivity contribution is 6.33. The number of benzene rings is 1. The zero-order valence-electron chi connectivity index (χ0n) is 12.0. The first-order chi connectivity index (χ1) is 9.92. The van der Waals surface area contributed by atoms with Crippen molar-refractivity contribution in [3.05, 3.63) is 23.2 Å². The molecule has 0 saturated carbocycles. The maximum Gasteiger partial charge on any atom is 0.319 e. The van der Waals surface area contributed by atoms with E-state index in [-0.39, 0.29) is 12.3 Å². The Labute approximate surface area is 128 Å². The Balaban J connectivity index is 2.45. The van der Waals surface area contributed by atoms with Crippen molar-refractivity contribution in [3.8, 4) is 5.75 Å². The van der Waals surface area contributed by atoms with Crippen molar-refractivity contribution in [2.45, 2.75) is 19.8 Å². The number of carboxylic acids is 1. The first kappa shape index (κ1) is 17.1. The second kappa shape index (κ2) is 8.36. The molecular weight excluding hydrogens is 296 g/mol. The van der Waals surface area contributed by atoms with Crippen LogP contribution in [0.2, 0.25) is 5.02 Å². The maximum atomic E-state index is 11.8. The van der Waals surface area contributed by atoms with Gasteiger partial charge >= 0.3 is 12.0 Å². The van der Waals surface area contributed by atoms with E-state index in [1.807, 2.05) is 6.92 Å². The fourth-order valence-corrected chi connectivity index (χ4v) is 1.80. The second-order valence-corrected chi connectivity index (χ2v) is 5.13.